The van der Waals surface area contributed by atoms with Gasteiger partial charge >= 0.3 is 0 Å². The maximum Gasteiger partial charge on any atom is 0.0471 e. The van der Waals surface area contributed by atoms with Crippen LogP contribution in [0.2, 0.25) is 0 Å². The monoisotopic (exact) mass is 235 g/mol. The van der Waals surface area contributed by atoms with E-state index in [9.17, 15) is 4.21 Å². The van der Waals surface area contributed by atoms with Crippen molar-refractivity contribution in [2.75, 3.05) is 32.3 Å². The van der Waals surface area contributed by atoms with E-state index < -0.39 is 10.8 Å². The second kappa shape index (κ2) is 7.36. The molecule has 0 amide bonds. The topological polar surface area (TPSA) is 38.3 Å². The van der Waals surface area contributed by atoms with Gasteiger partial charge < -0.3 is 10.1 Å². The summed E-state index contributed by atoms with van der Waals surface area (Å²) < 4.78 is 16.7. The molecule has 0 spiro atoms. The Kier molecular flexibility index (Phi) is 7.40. The molecule has 0 fully saturated rings. The minimum absolute atomic E-state index is 0.158. The molecule has 0 aliphatic heterocycles. The zero-order chi connectivity index (χ0) is 11.9. The van der Waals surface area contributed by atoms with Gasteiger partial charge in [0.2, 0.25) is 0 Å². The molecule has 15 heavy (non-hydrogen) atoms. The van der Waals surface area contributed by atoms with Crippen LogP contribution >= 0.6 is 0 Å². The van der Waals surface area contributed by atoms with Gasteiger partial charge in [-0.05, 0) is 18.9 Å². The third kappa shape index (κ3) is 7.03. The Bertz CT molecular complexity index is 190. The molecule has 4 heteroatoms. The van der Waals surface area contributed by atoms with Crippen molar-refractivity contribution in [2.45, 2.75) is 33.2 Å². The first-order chi connectivity index (χ1) is 6.91. The second-order valence-corrected chi connectivity index (χ2v) is 6.49. The first-order valence-corrected chi connectivity index (χ1v) is 6.91. The molecule has 1 N–H and O–H groups in total. The normalized spacial score (nSPS) is 16.3. The van der Waals surface area contributed by atoms with Crippen molar-refractivity contribution in [3.8, 4) is 0 Å². The summed E-state index contributed by atoms with van der Waals surface area (Å²) in [6, 6.07) is 0.306. The first kappa shape index (κ1) is 15.1. The van der Waals surface area contributed by atoms with Gasteiger partial charge in [-0.25, -0.2) is 0 Å². The Hall–Kier alpha value is 0.0700. The summed E-state index contributed by atoms with van der Waals surface area (Å²) in [4.78, 5) is 0. The molecule has 0 aromatic carbocycles. The van der Waals surface area contributed by atoms with Gasteiger partial charge in [0.05, 0.1) is 0 Å². The minimum atomic E-state index is -0.740. The molecule has 0 aromatic heterocycles. The van der Waals surface area contributed by atoms with Crippen LogP contribution in [0.3, 0.4) is 0 Å². The van der Waals surface area contributed by atoms with E-state index in [2.05, 4.69) is 26.1 Å². The van der Waals surface area contributed by atoms with Crippen LogP contribution in [-0.4, -0.2) is 42.5 Å². The highest BCUT2D eigenvalue weighted by Crippen LogP contribution is 2.19. The molecule has 0 heterocycles. The first-order valence-electron chi connectivity index (χ1n) is 5.43. The summed E-state index contributed by atoms with van der Waals surface area (Å²) in [6.45, 7) is 7.20. The van der Waals surface area contributed by atoms with Crippen molar-refractivity contribution >= 4 is 10.8 Å². The summed E-state index contributed by atoms with van der Waals surface area (Å²) in [5, 5.41) is 3.24. The van der Waals surface area contributed by atoms with Crippen molar-refractivity contribution < 1.29 is 8.95 Å². The minimum Gasteiger partial charge on any atom is -0.385 e. The van der Waals surface area contributed by atoms with Gasteiger partial charge in [0.1, 0.15) is 0 Å². The quantitative estimate of drug-likeness (QED) is 0.678. The van der Waals surface area contributed by atoms with Crippen molar-refractivity contribution in [3.05, 3.63) is 0 Å². The molecule has 0 rings (SSSR count). The number of methoxy groups -OCH3 is 1. The number of hydrogen-bond acceptors (Lipinski definition) is 3. The van der Waals surface area contributed by atoms with E-state index in [0.29, 0.717) is 12.6 Å². The molecule has 0 bridgehead atoms. The van der Waals surface area contributed by atoms with E-state index in [1.807, 2.05) is 7.05 Å². The Labute approximate surface area is 96.4 Å². The molecule has 0 saturated carbocycles. The molecule has 92 valence electrons. The average molecular weight is 235 g/mol. The van der Waals surface area contributed by atoms with Crippen molar-refractivity contribution in [2.24, 2.45) is 5.41 Å². The van der Waals surface area contributed by atoms with Crippen LogP contribution < -0.4 is 5.32 Å². The Morgan fingerprint density at radius 1 is 1.40 bits per heavy atom. The predicted octanol–water partition coefficient (Wildman–Crippen LogP) is 1.41. The average Bonchev–Trinajstić information content (AvgIpc) is 2.12. The number of ether oxygens (including phenoxy) is 1. The van der Waals surface area contributed by atoms with Gasteiger partial charge in [-0.1, -0.05) is 20.8 Å². The van der Waals surface area contributed by atoms with Gasteiger partial charge in [0, 0.05) is 42.1 Å². The lowest BCUT2D eigenvalue weighted by molar-refractivity contribution is 0.200. The lowest BCUT2D eigenvalue weighted by Crippen LogP contribution is -2.42. The van der Waals surface area contributed by atoms with Crippen LogP contribution in [0.5, 0.6) is 0 Å². The highest BCUT2D eigenvalue weighted by atomic mass is 32.2. The Morgan fingerprint density at radius 3 is 2.40 bits per heavy atom. The fourth-order valence-corrected chi connectivity index (χ4v) is 3.04. The number of hydrogen-bond donors (Lipinski definition) is 1. The van der Waals surface area contributed by atoms with Gasteiger partial charge in [-0.2, -0.15) is 0 Å². The summed E-state index contributed by atoms with van der Waals surface area (Å²) >= 11 is 0. The van der Waals surface area contributed by atoms with Crippen LogP contribution in [0.4, 0.5) is 0 Å². The molecule has 0 aromatic rings. The molecule has 3 nitrogen and oxygen atoms in total. The van der Waals surface area contributed by atoms with E-state index in [1.54, 1.807) is 7.11 Å². The van der Waals surface area contributed by atoms with E-state index in [0.717, 1.165) is 17.9 Å². The van der Waals surface area contributed by atoms with Gasteiger partial charge in [0.15, 0.2) is 0 Å². The summed E-state index contributed by atoms with van der Waals surface area (Å²) in [5.41, 5.74) is 0.158. The number of nitrogens with one attached hydrogen (secondary N) is 1. The SMILES string of the molecule is CNC(CS(=O)CCCOC)C(C)(C)C. The van der Waals surface area contributed by atoms with Crippen LogP contribution in [0.1, 0.15) is 27.2 Å². The second-order valence-electron chi connectivity index (χ2n) is 4.86. The van der Waals surface area contributed by atoms with Crippen molar-refractivity contribution in [1.82, 2.24) is 5.32 Å². The van der Waals surface area contributed by atoms with Crippen LogP contribution in [0.25, 0.3) is 0 Å². The third-order valence-electron chi connectivity index (χ3n) is 2.47. The van der Waals surface area contributed by atoms with Gasteiger partial charge in [0.25, 0.3) is 0 Å². The smallest absolute Gasteiger partial charge is 0.0471 e. The van der Waals surface area contributed by atoms with Crippen LogP contribution in [0, 0.1) is 5.41 Å². The molecule has 2 atom stereocenters. The zero-order valence-corrected chi connectivity index (χ0v) is 11.4. The summed E-state index contributed by atoms with van der Waals surface area (Å²) in [6.07, 6.45) is 0.879. The third-order valence-corrected chi connectivity index (χ3v) is 3.92. The summed E-state index contributed by atoms with van der Waals surface area (Å²) in [5.74, 6) is 1.46. The standard InChI is InChI=1S/C11H25NO2S/c1-11(2,3)10(12-4)9-15(13)8-6-7-14-5/h10,12H,6-9H2,1-5H3. The van der Waals surface area contributed by atoms with Crippen LogP contribution in [0.15, 0.2) is 0 Å². The highest BCUT2D eigenvalue weighted by molar-refractivity contribution is 7.85. The Balaban J connectivity index is 3.92. The predicted molar refractivity (Wildman–Crippen MR) is 66.7 cm³/mol. The molecule has 2 unspecified atom stereocenters. The highest BCUT2D eigenvalue weighted by Gasteiger charge is 2.24. The van der Waals surface area contributed by atoms with E-state index in [-0.39, 0.29) is 5.41 Å². The fourth-order valence-electron chi connectivity index (χ4n) is 1.40. The largest absolute Gasteiger partial charge is 0.385 e. The van der Waals surface area contributed by atoms with Gasteiger partial charge in [-0.15, -0.1) is 0 Å². The van der Waals surface area contributed by atoms with Crippen molar-refractivity contribution in [3.63, 3.8) is 0 Å². The lowest BCUT2D eigenvalue weighted by Gasteiger charge is -2.30. The van der Waals surface area contributed by atoms with E-state index in [4.69, 9.17) is 4.74 Å². The molecular weight excluding hydrogens is 210 g/mol. The lowest BCUT2D eigenvalue weighted by atomic mass is 9.88. The maximum absolute atomic E-state index is 11.7. The molecular formula is C11H25NO2S. The maximum atomic E-state index is 11.7. The molecule has 0 radical (unpaired) electrons. The molecule has 0 aliphatic carbocycles. The fraction of sp³-hybridized carbons (Fsp3) is 1.00. The molecule has 0 saturated heterocycles. The summed E-state index contributed by atoms with van der Waals surface area (Å²) in [7, 11) is 2.87. The van der Waals surface area contributed by atoms with Crippen LogP contribution in [-0.2, 0) is 15.5 Å². The van der Waals surface area contributed by atoms with E-state index >= 15 is 0 Å². The number of rotatable bonds is 7. The Morgan fingerprint density at radius 2 is 2.00 bits per heavy atom. The molecule has 0 aliphatic rings. The zero-order valence-electron chi connectivity index (χ0n) is 10.6. The van der Waals surface area contributed by atoms with E-state index in [1.165, 1.54) is 0 Å². The van der Waals surface area contributed by atoms with Crippen molar-refractivity contribution in [1.29, 1.82) is 0 Å². The van der Waals surface area contributed by atoms with Gasteiger partial charge in [-0.3, -0.25) is 4.21 Å².